The average molecular weight is 526 g/mol. The number of fused-ring (bicyclic) bond motifs is 2. The van der Waals surface area contributed by atoms with E-state index in [0.29, 0.717) is 17.5 Å². The summed E-state index contributed by atoms with van der Waals surface area (Å²) < 4.78 is 6.43. The molecule has 192 valence electrons. The summed E-state index contributed by atoms with van der Waals surface area (Å²) in [5.74, 6) is 3.52. The third-order valence-electron chi connectivity index (χ3n) is 7.53. The third kappa shape index (κ3) is 4.14. The van der Waals surface area contributed by atoms with Gasteiger partial charge in [0.2, 0.25) is 0 Å². The Kier molecular flexibility index (Phi) is 5.42. The van der Waals surface area contributed by atoms with Crippen LogP contribution in [-0.4, -0.2) is 15.0 Å². The summed E-state index contributed by atoms with van der Waals surface area (Å²) >= 11 is 0. The van der Waals surface area contributed by atoms with Crippen molar-refractivity contribution in [3.8, 4) is 67.9 Å². The lowest BCUT2D eigenvalue weighted by Crippen LogP contribution is -2.01. The molecule has 1 aliphatic rings. The number of nitrogens with zero attached hydrogens (tertiary/aromatic N) is 3. The molecule has 0 aliphatic carbocycles. The van der Waals surface area contributed by atoms with Crippen LogP contribution in [0.1, 0.15) is 0 Å². The number of ether oxygens (including phenoxy) is 1. The topological polar surface area (TPSA) is 47.9 Å². The highest BCUT2D eigenvalue weighted by Crippen LogP contribution is 2.47. The van der Waals surface area contributed by atoms with Gasteiger partial charge in [-0.2, -0.15) is 0 Å². The van der Waals surface area contributed by atoms with Crippen molar-refractivity contribution in [1.82, 2.24) is 15.0 Å². The molecule has 7 aromatic rings. The number of hydrogen-bond acceptors (Lipinski definition) is 4. The van der Waals surface area contributed by atoms with Crippen molar-refractivity contribution in [2.75, 3.05) is 0 Å². The van der Waals surface area contributed by atoms with E-state index in [2.05, 4.69) is 84.9 Å². The van der Waals surface area contributed by atoms with E-state index in [1.165, 1.54) is 16.5 Å². The van der Waals surface area contributed by atoms with Crippen LogP contribution in [0.2, 0.25) is 0 Å². The maximum atomic E-state index is 6.43. The molecule has 6 aromatic carbocycles. The summed E-state index contributed by atoms with van der Waals surface area (Å²) in [6, 6.07) is 47.5. The summed E-state index contributed by atoms with van der Waals surface area (Å²) in [6.07, 6.45) is 0. The standard InChI is InChI=1S/C37H23N3O/c1-3-9-24(10-4-1)25-17-19-28(20-18-25)36-38-35(27-11-5-2-6-12-27)39-37(40-36)29-21-22-30-31-15-7-13-26-14-8-16-32(34(26)31)41-33(30)23-29/h1-23H. The highest BCUT2D eigenvalue weighted by molar-refractivity contribution is 6.04. The van der Waals surface area contributed by atoms with Gasteiger partial charge in [-0.3, -0.25) is 0 Å². The zero-order valence-corrected chi connectivity index (χ0v) is 22.0. The van der Waals surface area contributed by atoms with E-state index < -0.39 is 0 Å². The first-order chi connectivity index (χ1) is 20.3. The minimum absolute atomic E-state index is 0.601. The zero-order valence-electron chi connectivity index (χ0n) is 22.0. The molecule has 0 N–H and O–H groups in total. The van der Waals surface area contributed by atoms with Crippen molar-refractivity contribution in [3.63, 3.8) is 0 Å². The van der Waals surface area contributed by atoms with E-state index >= 15 is 0 Å². The lowest BCUT2D eigenvalue weighted by atomic mass is 9.94. The monoisotopic (exact) mass is 525 g/mol. The van der Waals surface area contributed by atoms with Gasteiger partial charge in [-0.1, -0.05) is 121 Å². The van der Waals surface area contributed by atoms with Gasteiger partial charge >= 0.3 is 0 Å². The van der Waals surface area contributed by atoms with Gasteiger partial charge in [-0.15, -0.1) is 0 Å². The Morgan fingerprint density at radius 1 is 0.366 bits per heavy atom. The fourth-order valence-corrected chi connectivity index (χ4v) is 5.50. The van der Waals surface area contributed by atoms with Gasteiger partial charge in [-0.25, -0.2) is 15.0 Å². The molecule has 0 atom stereocenters. The van der Waals surface area contributed by atoms with Crippen LogP contribution in [0.5, 0.6) is 11.5 Å². The molecule has 1 aliphatic heterocycles. The summed E-state index contributed by atoms with van der Waals surface area (Å²) in [5, 5.41) is 2.31. The lowest BCUT2D eigenvalue weighted by molar-refractivity contribution is 0.487. The van der Waals surface area contributed by atoms with Crippen LogP contribution in [0.4, 0.5) is 0 Å². The smallest absolute Gasteiger partial charge is 0.164 e. The van der Waals surface area contributed by atoms with Gasteiger partial charge in [-0.05, 0) is 40.3 Å². The van der Waals surface area contributed by atoms with Crippen LogP contribution < -0.4 is 4.74 Å². The molecule has 4 nitrogen and oxygen atoms in total. The maximum Gasteiger partial charge on any atom is 0.164 e. The van der Waals surface area contributed by atoms with Crippen molar-refractivity contribution < 1.29 is 4.74 Å². The number of hydrogen-bond donors (Lipinski definition) is 0. The Labute approximate surface area is 237 Å². The first-order valence-electron chi connectivity index (χ1n) is 13.6. The van der Waals surface area contributed by atoms with Crippen molar-refractivity contribution >= 4 is 10.8 Å². The first kappa shape index (κ1) is 23.3. The number of benzene rings is 6. The van der Waals surface area contributed by atoms with E-state index in [0.717, 1.165) is 44.7 Å². The van der Waals surface area contributed by atoms with Crippen LogP contribution >= 0.6 is 0 Å². The minimum Gasteiger partial charge on any atom is -0.456 e. The molecule has 8 rings (SSSR count). The third-order valence-corrected chi connectivity index (χ3v) is 7.53. The first-order valence-corrected chi connectivity index (χ1v) is 13.6. The van der Waals surface area contributed by atoms with Gasteiger partial charge < -0.3 is 4.74 Å². The molecular weight excluding hydrogens is 502 g/mol. The normalized spacial score (nSPS) is 11.6. The molecule has 0 amide bonds. The molecule has 0 unspecified atom stereocenters. The average Bonchev–Trinajstić information content (AvgIpc) is 3.05. The van der Waals surface area contributed by atoms with E-state index in [4.69, 9.17) is 19.7 Å². The minimum atomic E-state index is 0.601. The predicted molar refractivity (Wildman–Crippen MR) is 165 cm³/mol. The molecule has 4 heteroatoms. The van der Waals surface area contributed by atoms with Gasteiger partial charge in [0.15, 0.2) is 17.5 Å². The Morgan fingerprint density at radius 2 is 0.902 bits per heavy atom. The second kappa shape index (κ2) is 9.54. The van der Waals surface area contributed by atoms with Crippen LogP contribution in [0.3, 0.4) is 0 Å². The maximum absolute atomic E-state index is 6.43. The van der Waals surface area contributed by atoms with Crippen molar-refractivity contribution in [3.05, 3.63) is 140 Å². The van der Waals surface area contributed by atoms with Crippen molar-refractivity contribution in [1.29, 1.82) is 0 Å². The fourth-order valence-electron chi connectivity index (χ4n) is 5.50. The molecular formula is C37H23N3O. The quantitative estimate of drug-likeness (QED) is 0.230. The van der Waals surface area contributed by atoms with Crippen LogP contribution in [-0.2, 0) is 0 Å². The summed E-state index contributed by atoms with van der Waals surface area (Å²) in [5.41, 5.74) is 7.30. The summed E-state index contributed by atoms with van der Waals surface area (Å²) in [7, 11) is 0. The van der Waals surface area contributed by atoms with E-state index in [1.54, 1.807) is 0 Å². The molecule has 0 saturated carbocycles. The Hall–Kier alpha value is -5.61. The van der Waals surface area contributed by atoms with E-state index in [-0.39, 0.29) is 0 Å². The largest absolute Gasteiger partial charge is 0.456 e. The molecule has 41 heavy (non-hydrogen) atoms. The van der Waals surface area contributed by atoms with Crippen LogP contribution in [0.15, 0.2) is 140 Å². The second-order valence-corrected chi connectivity index (χ2v) is 10.1. The Balaban J connectivity index is 1.25. The Bertz CT molecular complexity index is 2050. The predicted octanol–water partition coefficient (Wildman–Crippen LogP) is 9.47. The zero-order chi connectivity index (χ0) is 27.2. The highest BCUT2D eigenvalue weighted by atomic mass is 16.5. The molecule has 2 heterocycles. The fraction of sp³-hybridized carbons (Fsp3) is 0. The number of rotatable bonds is 4. The van der Waals surface area contributed by atoms with Gasteiger partial charge in [0.25, 0.3) is 0 Å². The van der Waals surface area contributed by atoms with E-state index in [9.17, 15) is 0 Å². The van der Waals surface area contributed by atoms with Crippen molar-refractivity contribution in [2.24, 2.45) is 0 Å². The molecule has 0 spiro atoms. The molecule has 0 saturated heterocycles. The molecule has 0 bridgehead atoms. The van der Waals surface area contributed by atoms with E-state index in [1.807, 2.05) is 54.6 Å². The van der Waals surface area contributed by atoms with Gasteiger partial charge in [0, 0.05) is 27.6 Å². The lowest BCUT2D eigenvalue weighted by Gasteiger charge is -2.21. The van der Waals surface area contributed by atoms with Gasteiger partial charge in [0.05, 0.1) is 0 Å². The van der Waals surface area contributed by atoms with Crippen LogP contribution in [0.25, 0.3) is 67.2 Å². The SMILES string of the molecule is c1ccc(-c2ccc(-c3nc(-c4ccccc4)nc(-c4ccc5c(c4)Oc4cccc6cccc-5c46)n3)cc2)cc1. The van der Waals surface area contributed by atoms with Crippen molar-refractivity contribution in [2.45, 2.75) is 0 Å². The highest BCUT2D eigenvalue weighted by Gasteiger charge is 2.21. The Morgan fingerprint density at radius 3 is 1.61 bits per heavy atom. The molecule has 0 radical (unpaired) electrons. The molecule has 1 aromatic heterocycles. The molecule has 0 fully saturated rings. The summed E-state index contributed by atoms with van der Waals surface area (Å²) in [6.45, 7) is 0. The van der Waals surface area contributed by atoms with Crippen LogP contribution in [0, 0.1) is 0 Å². The second-order valence-electron chi connectivity index (χ2n) is 10.1. The summed E-state index contributed by atoms with van der Waals surface area (Å²) in [4.78, 5) is 14.8. The van der Waals surface area contributed by atoms with Gasteiger partial charge in [0.1, 0.15) is 11.5 Å². The number of aromatic nitrogens is 3.